The van der Waals surface area contributed by atoms with E-state index in [0.717, 1.165) is 6.42 Å². The number of hydrogen-bond donors (Lipinski definition) is 2. The molecule has 0 spiro atoms. The minimum atomic E-state index is -1.06. The Balaban J connectivity index is 2.91. The zero-order valence-corrected chi connectivity index (χ0v) is 13.1. The fraction of sp³-hybridized carbons (Fsp3) is 0.571. The molecule has 1 rings (SSSR count). The summed E-state index contributed by atoms with van der Waals surface area (Å²) in [6, 6.07) is -0.939. The number of aliphatic carboxylic acids is 1. The van der Waals surface area contributed by atoms with Crippen molar-refractivity contribution in [2.45, 2.75) is 52.0 Å². The van der Waals surface area contributed by atoms with Gasteiger partial charge in [-0.25, -0.2) is 14.8 Å². The van der Waals surface area contributed by atoms with E-state index in [1.54, 1.807) is 0 Å². The minimum Gasteiger partial charge on any atom is -0.480 e. The molecular formula is C14H20ClN3O3. The van der Waals surface area contributed by atoms with Crippen molar-refractivity contribution in [1.29, 1.82) is 0 Å². The Bertz CT molecular complexity index is 520. The maximum absolute atomic E-state index is 12.2. The molecule has 0 radical (unpaired) electrons. The second-order valence-corrected chi connectivity index (χ2v) is 5.49. The molecule has 0 saturated carbocycles. The smallest absolute Gasteiger partial charge is 0.326 e. The van der Waals surface area contributed by atoms with E-state index in [0.29, 0.717) is 18.7 Å². The highest BCUT2D eigenvalue weighted by atomic mass is 35.5. The van der Waals surface area contributed by atoms with Crippen LogP contribution in [-0.4, -0.2) is 33.0 Å². The van der Waals surface area contributed by atoms with Gasteiger partial charge in [0, 0.05) is 5.92 Å². The van der Waals surface area contributed by atoms with Gasteiger partial charge in [-0.3, -0.25) is 4.79 Å². The van der Waals surface area contributed by atoms with Crippen molar-refractivity contribution in [2.24, 2.45) is 0 Å². The number of amides is 1. The Morgan fingerprint density at radius 3 is 2.62 bits per heavy atom. The Hall–Kier alpha value is -1.69. The van der Waals surface area contributed by atoms with Crippen LogP contribution in [0.25, 0.3) is 0 Å². The van der Waals surface area contributed by atoms with Crippen molar-refractivity contribution >= 4 is 23.5 Å². The number of carbonyl (C=O) groups excluding carboxylic acids is 1. The van der Waals surface area contributed by atoms with Crippen LogP contribution < -0.4 is 5.32 Å². The molecule has 0 aromatic carbocycles. The minimum absolute atomic E-state index is 0.0121. The number of halogens is 1. The standard InChI is InChI=1S/C14H20ClN3O3/c1-4-5-6-10(14(20)21)17-13(19)11-9(15)7-16-12(18-11)8(2)3/h7-8,10H,4-6H2,1-3H3,(H,17,19)(H,20,21)/t10-/m0/s1. The second kappa shape index (κ2) is 7.93. The zero-order valence-electron chi connectivity index (χ0n) is 12.4. The largest absolute Gasteiger partial charge is 0.480 e. The van der Waals surface area contributed by atoms with E-state index >= 15 is 0 Å². The van der Waals surface area contributed by atoms with Gasteiger partial charge in [0.05, 0.1) is 11.2 Å². The molecule has 1 heterocycles. The third-order valence-corrected chi connectivity index (χ3v) is 3.22. The van der Waals surface area contributed by atoms with Crippen molar-refractivity contribution in [2.75, 3.05) is 0 Å². The Morgan fingerprint density at radius 1 is 1.43 bits per heavy atom. The number of carboxylic acids is 1. The summed E-state index contributed by atoms with van der Waals surface area (Å²) in [7, 11) is 0. The lowest BCUT2D eigenvalue weighted by Gasteiger charge is -2.14. The SMILES string of the molecule is CCCC[C@H](NC(=O)c1nc(C(C)C)ncc1Cl)C(=O)O. The summed E-state index contributed by atoms with van der Waals surface area (Å²) in [6.45, 7) is 5.75. The Morgan fingerprint density at radius 2 is 2.10 bits per heavy atom. The molecule has 1 amide bonds. The van der Waals surface area contributed by atoms with Crippen LogP contribution in [-0.2, 0) is 4.79 Å². The summed E-state index contributed by atoms with van der Waals surface area (Å²) in [4.78, 5) is 31.5. The average Bonchev–Trinajstić information content (AvgIpc) is 2.42. The molecule has 0 aliphatic carbocycles. The second-order valence-electron chi connectivity index (χ2n) is 5.09. The first-order valence-electron chi connectivity index (χ1n) is 6.92. The first kappa shape index (κ1) is 17.4. The predicted molar refractivity (Wildman–Crippen MR) is 79.5 cm³/mol. The average molecular weight is 314 g/mol. The van der Waals surface area contributed by atoms with Gasteiger partial charge in [0.1, 0.15) is 17.6 Å². The Labute approximate surface area is 128 Å². The number of carboxylic acid groups (broad SMARTS) is 1. The van der Waals surface area contributed by atoms with Crippen LogP contribution >= 0.6 is 11.6 Å². The summed E-state index contributed by atoms with van der Waals surface area (Å²) in [5.74, 6) is -1.12. The van der Waals surface area contributed by atoms with Crippen molar-refractivity contribution in [3.63, 3.8) is 0 Å². The molecule has 1 aromatic heterocycles. The molecule has 7 heteroatoms. The van der Waals surface area contributed by atoms with Gasteiger partial charge in [0.2, 0.25) is 0 Å². The lowest BCUT2D eigenvalue weighted by molar-refractivity contribution is -0.139. The fourth-order valence-electron chi connectivity index (χ4n) is 1.71. The van der Waals surface area contributed by atoms with Crippen LogP contribution in [0, 0.1) is 0 Å². The van der Waals surface area contributed by atoms with Gasteiger partial charge in [0.25, 0.3) is 5.91 Å². The van der Waals surface area contributed by atoms with Gasteiger partial charge in [-0.2, -0.15) is 0 Å². The molecule has 1 atom stereocenters. The van der Waals surface area contributed by atoms with E-state index in [4.69, 9.17) is 16.7 Å². The molecule has 1 aromatic rings. The lowest BCUT2D eigenvalue weighted by atomic mass is 10.1. The topological polar surface area (TPSA) is 92.2 Å². The molecular weight excluding hydrogens is 294 g/mol. The summed E-state index contributed by atoms with van der Waals surface area (Å²) in [5.41, 5.74) is 0.0121. The van der Waals surface area contributed by atoms with Crippen LogP contribution in [0.2, 0.25) is 5.02 Å². The van der Waals surface area contributed by atoms with Crippen molar-refractivity contribution < 1.29 is 14.7 Å². The maximum Gasteiger partial charge on any atom is 0.326 e. The van der Waals surface area contributed by atoms with E-state index in [2.05, 4.69) is 15.3 Å². The van der Waals surface area contributed by atoms with Gasteiger partial charge in [-0.05, 0) is 6.42 Å². The highest BCUT2D eigenvalue weighted by molar-refractivity contribution is 6.33. The number of rotatable bonds is 7. The van der Waals surface area contributed by atoms with E-state index < -0.39 is 17.9 Å². The summed E-state index contributed by atoms with van der Waals surface area (Å²) in [5, 5.41) is 11.7. The number of carbonyl (C=O) groups is 2. The number of nitrogens with zero attached hydrogens (tertiary/aromatic N) is 2. The molecule has 6 nitrogen and oxygen atoms in total. The normalized spacial score (nSPS) is 12.2. The molecule has 2 N–H and O–H groups in total. The fourth-order valence-corrected chi connectivity index (χ4v) is 1.89. The summed E-state index contributed by atoms with van der Waals surface area (Å²) >= 11 is 5.93. The summed E-state index contributed by atoms with van der Waals surface area (Å²) in [6.07, 6.45) is 3.30. The van der Waals surface area contributed by atoms with Gasteiger partial charge in [-0.1, -0.05) is 45.2 Å². The zero-order chi connectivity index (χ0) is 16.0. The quantitative estimate of drug-likeness (QED) is 0.807. The van der Waals surface area contributed by atoms with Crippen molar-refractivity contribution in [3.8, 4) is 0 Å². The number of hydrogen-bond acceptors (Lipinski definition) is 4. The third-order valence-electron chi connectivity index (χ3n) is 2.94. The van der Waals surface area contributed by atoms with Crippen LogP contribution in [0.15, 0.2) is 6.20 Å². The molecule has 21 heavy (non-hydrogen) atoms. The molecule has 0 aliphatic heterocycles. The van der Waals surface area contributed by atoms with Crippen LogP contribution in [0.3, 0.4) is 0 Å². The van der Waals surface area contributed by atoms with Crippen LogP contribution in [0.4, 0.5) is 0 Å². The molecule has 0 saturated heterocycles. The van der Waals surface area contributed by atoms with E-state index in [-0.39, 0.29) is 16.6 Å². The van der Waals surface area contributed by atoms with Crippen molar-refractivity contribution in [1.82, 2.24) is 15.3 Å². The Kier molecular flexibility index (Phi) is 6.55. The first-order valence-corrected chi connectivity index (χ1v) is 7.30. The molecule has 0 aliphatic rings. The van der Waals surface area contributed by atoms with Gasteiger partial charge in [-0.15, -0.1) is 0 Å². The number of nitrogens with one attached hydrogen (secondary N) is 1. The molecule has 116 valence electrons. The van der Waals surface area contributed by atoms with E-state index in [1.165, 1.54) is 6.20 Å². The predicted octanol–water partition coefficient (Wildman–Crippen LogP) is 2.63. The molecule has 0 bridgehead atoms. The number of unbranched alkanes of at least 4 members (excludes halogenated alkanes) is 1. The van der Waals surface area contributed by atoms with Crippen LogP contribution in [0.1, 0.15) is 62.3 Å². The van der Waals surface area contributed by atoms with E-state index in [9.17, 15) is 9.59 Å². The highest BCUT2D eigenvalue weighted by Crippen LogP contribution is 2.16. The van der Waals surface area contributed by atoms with Crippen LogP contribution in [0.5, 0.6) is 0 Å². The van der Waals surface area contributed by atoms with Gasteiger partial charge in [0.15, 0.2) is 0 Å². The van der Waals surface area contributed by atoms with Gasteiger partial charge < -0.3 is 10.4 Å². The molecule has 0 unspecified atom stereocenters. The first-order chi connectivity index (χ1) is 9.86. The third kappa shape index (κ3) is 4.97. The molecule has 0 fully saturated rings. The lowest BCUT2D eigenvalue weighted by Crippen LogP contribution is -2.41. The summed E-state index contributed by atoms with van der Waals surface area (Å²) < 4.78 is 0. The highest BCUT2D eigenvalue weighted by Gasteiger charge is 2.23. The number of aromatic nitrogens is 2. The monoisotopic (exact) mass is 313 g/mol. The van der Waals surface area contributed by atoms with Crippen molar-refractivity contribution in [3.05, 3.63) is 22.7 Å². The maximum atomic E-state index is 12.2. The van der Waals surface area contributed by atoms with Gasteiger partial charge >= 0.3 is 5.97 Å². The van der Waals surface area contributed by atoms with E-state index in [1.807, 2.05) is 20.8 Å².